The summed E-state index contributed by atoms with van der Waals surface area (Å²) >= 11 is 5.69. The normalized spacial score (nSPS) is 9.95. The van der Waals surface area contributed by atoms with Crippen molar-refractivity contribution in [2.75, 3.05) is 11.9 Å². The Labute approximate surface area is 115 Å². The molecule has 98 valence electrons. The van der Waals surface area contributed by atoms with Gasteiger partial charge in [0.2, 0.25) is 5.91 Å². The van der Waals surface area contributed by atoms with Crippen LogP contribution < -0.4 is 10.1 Å². The molecule has 1 heterocycles. The lowest BCUT2D eigenvalue weighted by atomic mass is 10.3. The number of para-hydroxylation sites is 1. The first-order valence-corrected chi connectivity index (χ1v) is 6.07. The number of hydrogen-bond acceptors (Lipinski definition) is 4. The van der Waals surface area contributed by atoms with E-state index in [4.69, 9.17) is 16.3 Å². The van der Waals surface area contributed by atoms with Gasteiger partial charge < -0.3 is 10.1 Å². The maximum absolute atomic E-state index is 11.6. The highest BCUT2D eigenvalue weighted by atomic mass is 35.5. The van der Waals surface area contributed by atoms with Crippen LogP contribution >= 0.6 is 11.6 Å². The molecule has 2 aromatic rings. The monoisotopic (exact) mass is 277 g/mol. The number of rotatable bonds is 5. The van der Waals surface area contributed by atoms with Gasteiger partial charge in [-0.2, -0.15) is 0 Å². The summed E-state index contributed by atoms with van der Waals surface area (Å²) in [5, 5.41) is 2.90. The molecule has 0 saturated carbocycles. The van der Waals surface area contributed by atoms with Gasteiger partial charge >= 0.3 is 0 Å². The van der Waals surface area contributed by atoms with Crippen LogP contribution in [0.1, 0.15) is 6.42 Å². The molecule has 0 saturated heterocycles. The molecule has 0 unspecified atom stereocenters. The Morgan fingerprint density at radius 3 is 2.79 bits per heavy atom. The van der Waals surface area contributed by atoms with Crippen molar-refractivity contribution in [1.82, 2.24) is 9.97 Å². The fraction of sp³-hybridized carbons (Fsp3) is 0.154. The van der Waals surface area contributed by atoms with E-state index in [0.717, 1.165) is 5.75 Å². The summed E-state index contributed by atoms with van der Waals surface area (Å²) in [6.45, 7) is 0.300. The van der Waals surface area contributed by atoms with Crippen LogP contribution in [0, 0.1) is 0 Å². The SMILES string of the molecule is O=C(CCOc1ccccc1)Nc1cc(Cl)ncn1. The fourth-order valence-electron chi connectivity index (χ4n) is 1.39. The van der Waals surface area contributed by atoms with Gasteiger partial charge in [0.25, 0.3) is 0 Å². The lowest BCUT2D eigenvalue weighted by Crippen LogP contribution is -2.16. The third kappa shape index (κ3) is 4.56. The highest BCUT2D eigenvalue weighted by Gasteiger charge is 2.04. The van der Waals surface area contributed by atoms with Gasteiger partial charge in [0.15, 0.2) is 0 Å². The van der Waals surface area contributed by atoms with Gasteiger partial charge in [-0.3, -0.25) is 4.79 Å². The van der Waals surface area contributed by atoms with Crippen LogP contribution in [0.4, 0.5) is 5.82 Å². The number of nitrogens with zero attached hydrogens (tertiary/aromatic N) is 2. The zero-order chi connectivity index (χ0) is 13.5. The molecular formula is C13H12ClN3O2. The van der Waals surface area contributed by atoms with Crippen molar-refractivity contribution >= 4 is 23.3 Å². The molecule has 1 amide bonds. The van der Waals surface area contributed by atoms with E-state index in [2.05, 4.69) is 15.3 Å². The van der Waals surface area contributed by atoms with Crippen LogP contribution in [0.3, 0.4) is 0 Å². The van der Waals surface area contributed by atoms with E-state index in [1.54, 1.807) is 0 Å². The molecule has 1 aromatic heterocycles. The molecule has 0 fully saturated rings. The first-order chi connectivity index (χ1) is 9.24. The Kier molecular flexibility index (Phi) is 4.69. The van der Waals surface area contributed by atoms with Crippen LogP contribution in [0.2, 0.25) is 5.15 Å². The minimum Gasteiger partial charge on any atom is -0.493 e. The Morgan fingerprint density at radius 2 is 2.05 bits per heavy atom. The van der Waals surface area contributed by atoms with E-state index in [1.165, 1.54) is 12.4 Å². The Morgan fingerprint density at radius 1 is 1.26 bits per heavy atom. The predicted octanol–water partition coefficient (Wildman–Crippen LogP) is 2.54. The summed E-state index contributed by atoms with van der Waals surface area (Å²) in [6.07, 6.45) is 1.52. The average Bonchev–Trinajstić information content (AvgIpc) is 2.40. The number of amides is 1. The third-order valence-electron chi connectivity index (χ3n) is 2.24. The third-order valence-corrected chi connectivity index (χ3v) is 2.45. The van der Waals surface area contributed by atoms with E-state index in [9.17, 15) is 4.79 Å². The number of carbonyl (C=O) groups is 1. The van der Waals surface area contributed by atoms with Crippen molar-refractivity contribution in [3.8, 4) is 5.75 Å². The molecule has 5 nitrogen and oxygen atoms in total. The van der Waals surface area contributed by atoms with Crippen LogP contribution in [0.15, 0.2) is 42.7 Å². The summed E-state index contributed by atoms with van der Waals surface area (Å²) in [5.74, 6) is 0.927. The van der Waals surface area contributed by atoms with Gasteiger partial charge in [0, 0.05) is 6.07 Å². The van der Waals surface area contributed by atoms with Crippen molar-refractivity contribution in [3.05, 3.63) is 47.9 Å². The second-order valence-electron chi connectivity index (χ2n) is 3.69. The van der Waals surface area contributed by atoms with Gasteiger partial charge in [-0.05, 0) is 12.1 Å². The topological polar surface area (TPSA) is 64.1 Å². The highest BCUT2D eigenvalue weighted by molar-refractivity contribution is 6.29. The number of hydrogen-bond donors (Lipinski definition) is 1. The average molecular weight is 278 g/mol. The van der Waals surface area contributed by atoms with Crippen LogP contribution in [0.5, 0.6) is 5.75 Å². The van der Waals surface area contributed by atoms with Crippen molar-refractivity contribution in [3.63, 3.8) is 0 Å². The molecule has 19 heavy (non-hydrogen) atoms. The number of anilines is 1. The van der Waals surface area contributed by atoms with Gasteiger partial charge in [-0.15, -0.1) is 0 Å². The number of benzene rings is 1. The molecule has 0 spiro atoms. The van der Waals surface area contributed by atoms with Crippen molar-refractivity contribution in [1.29, 1.82) is 0 Å². The number of carbonyl (C=O) groups excluding carboxylic acids is 1. The summed E-state index contributed by atoms with van der Waals surface area (Å²) in [5.41, 5.74) is 0. The maximum Gasteiger partial charge on any atom is 0.228 e. The lowest BCUT2D eigenvalue weighted by Gasteiger charge is -2.06. The lowest BCUT2D eigenvalue weighted by molar-refractivity contribution is -0.116. The quantitative estimate of drug-likeness (QED) is 0.853. The molecule has 6 heteroatoms. The molecule has 0 aliphatic heterocycles. The second kappa shape index (κ2) is 6.70. The minimum atomic E-state index is -0.189. The summed E-state index contributed by atoms with van der Waals surface area (Å²) in [4.78, 5) is 19.2. The molecule has 1 N–H and O–H groups in total. The molecule has 1 aromatic carbocycles. The molecule has 0 aliphatic rings. The Bertz CT molecular complexity index is 549. The molecule has 2 rings (SSSR count). The number of nitrogens with one attached hydrogen (secondary N) is 1. The largest absolute Gasteiger partial charge is 0.493 e. The first kappa shape index (κ1) is 13.3. The molecule has 0 bridgehead atoms. The van der Waals surface area contributed by atoms with Crippen molar-refractivity contribution in [2.24, 2.45) is 0 Å². The van der Waals surface area contributed by atoms with E-state index < -0.39 is 0 Å². The highest BCUT2D eigenvalue weighted by Crippen LogP contribution is 2.10. The summed E-state index contributed by atoms with van der Waals surface area (Å²) < 4.78 is 5.42. The standard InChI is InChI=1S/C13H12ClN3O2/c14-11-8-12(16-9-15-11)17-13(18)6-7-19-10-4-2-1-3-5-10/h1-5,8-9H,6-7H2,(H,15,16,17,18). The molecular weight excluding hydrogens is 266 g/mol. The van der Waals surface area contributed by atoms with Crippen LogP contribution in [-0.2, 0) is 4.79 Å². The number of aromatic nitrogens is 2. The van der Waals surface area contributed by atoms with Gasteiger partial charge in [0.05, 0.1) is 13.0 Å². The number of ether oxygens (including phenoxy) is 1. The van der Waals surface area contributed by atoms with Crippen LogP contribution in [0.25, 0.3) is 0 Å². The van der Waals surface area contributed by atoms with Gasteiger partial charge in [-0.25, -0.2) is 9.97 Å². The van der Waals surface area contributed by atoms with E-state index in [0.29, 0.717) is 12.4 Å². The minimum absolute atomic E-state index is 0.189. The van der Waals surface area contributed by atoms with Gasteiger partial charge in [-0.1, -0.05) is 29.8 Å². The molecule has 0 aliphatic carbocycles. The molecule has 0 atom stereocenters. The van der Waals surface area contributed by atoms with Crippen LogP contribution in [-0.4, -0.2) is 22.5 Å². The zero-order valence-electron chi connectivity index (χ0n) is 10.0. The fourth-order valence-corrected chi connectivity index (χ4v) is 1.53. The molecule has 0 radical (unpaired) electrons. The Balaban J connectivity index is 1.76. The van der Waals surface area contributed by atoms with Crippen molar-refractivity contribution in [2.45, 2.75) is 6.42 Å². The maximum atomic E-state index is 11.6. The van der Waals surface area contributed by atoms with E-state index >= 15 is 0 Å². The Hall–Kier alpha value is -2.14. The van der Waals surface area contributed by atoms with E-state index in [1.807, 2.05) is 30.3 Å². The van der Waals surface area contributed by atoms with Crippen molar-refractivity contribution < 1.29 is 9.53 Å². The first-order valence-electron chi connectivity index (χ1n) is 5.69. The zero-order valence-corrected chi connectivity index (χ0v) is 10.8. The summed E-state index contributed by atoms with van der Waals surface area (Å²) in [7, 11) is 0. The second-order valence-corrected chi connectivity index (χ2v) is 4.07. The van der Waals surface area contributed by atoms with E-state index in [-0.39, 0.29) is 17.5 Å². The predicted molar refractivity (Wildman–Crippen MR) is 72.2 cm³/mol. The van der Waals surface area contributed by atoms with Gasteiger partial charge in [0.1, 0.15) is 23.0 Å². The number of halogens is 1. The summed E-state index contributed by atoms with van der Waals surface area (Å²) in [6, 6.07) is 10.8. The smallest absolute Gasteiger partial charge is 0.228 e.